The Morgan fingerprint density at radius 1 is 1.10 bits per heavy atom. The zero-order valence-corrected chi connectivity index (χ0v) is 14.4. The molecule has 122 valence electrons. The topological polar surface area (TPSA) is 67.9 Å². The minimum atomic E-state index is -2.08. The summed E-state index contributed by atoms with van der Waals surface area (Å²) in [5, 5.41) is 2.59. The fraction of sp³-hybridized carbons (Fsp3) is 0.833. The number of nitrogens with zero attached hydrogens (tertiary/aromatic N) is 1. The second-order valence-electron chi connectivity index (χ2n) is 5.72. The third-order valence-corrected chi connectivity index (χ3v) is 2.91. The number of ether oxygens (including phenoxy) is 2. The quantitative estimate of drug-likeness (QED) is 0.726. The first-order valence-electron chi connectivity index (χ1n) is 6.50. The van der Waals surface area contributed by atoms with E-state index in [1.807, 2.05) is 20.8 Å². The van der Waals surface area contributed by atoms with Gasteiger partial charge in [0, 0.05) is 19.1 Å². The van der Waals surface area contributed by atoms with Crippen LogP contribution in [0.1, 0.15) is 33.6 Å². The van der Waals surface area contributed by atoms with Gasteiger partial charge in [0.05, 0.1) is 0 Å². The number of piperidine rings is 1. The molecule has 1 saturated heterocycles. The molecule has 21 heavy (non-hydrogen) atoms. The molecule has 1 aliphatic rings. The lowest BCUT2D eigenvalue weighted by Gasteiger charge is -2.33. The SMILES string of the molecule is CC(C)(C)OC(=O)N1CCC(NC(=O)OC(Cl)(Cl)Cl)CC1. The first kappa shape index (κ1) is 18.5. The maximum atomic E-state index is 11.9. The van der Waals surface area contributed by atoms with E-state index in [0.29, 0.717) is 25.9 Å². The summed E-state index contributed by atoms with van der Waals surface area (Å²) < 4.78 is 7.72. The van der Waals surface area contributed by atoms with Gasteiger partial charge in [-0.3, -0.25) is 0 Å². The van der Waals surface area contributed by atoms with Gasteiger partial charge in [-0.2, -0.15) is 0 Å². The van der Waals surface area contributed by atoms with Crippen molar-refractivity contribution in [1.29, 1.82) is 0 Å². The molecule has 1 N–H and O–H groups in total. The van der Waals surface area contributed by atoms with Crippen molar-refractivity contribution in [1.82, 2.24) is 10.2 Å². The number of amides is 2. The molecule has 1 aliphatic heterocycles. The van der Waals surface area contributed by atoms with E-state index < -0.39 is 15.7 Å². The van der Waals surface area contributed by atoms with Gasteiger partial charge in [-0.05, 0) is 68.4 Å². The predicted octanol–water partition coefficient (Wildman–Crippen LogP) is 3.44. The molecule has 6 nitrogen and oxygen atoms in total. The summed E-state index contributed by atoms with van der Waals surface area (Å²) in [6.45, 7) is 6.39. The summed E-state index contributed by atoms with van der Waals surface area (Å²) in [7, 11) is 0. The van der Waals surface area contributed by atoms with Gasteiger partial charge < -0.3 is 19.7 Å². The number of alkyl carbamates (subject to hydrolysis) is 1. The van der Waals surface area contributed by atoms with E-state index in [1.54, 1.807) is 4.90 Å². The number of hydrogen-bond donors (Lipinski definition) is 1. The molecule has 0 aromatic heterocycles. The molecule has 0 aromatic carbocycles. The molecule has 1 fully saturated rings. The standard InChI is InChI=1S/C12H19Cl3N2O4/c1-11(2,3)21-10(19)17-6-4-8(5-7-17)16-9(18)20-12(13,14)15/h8H,4-7H2,1-3H3,(H,16,18). The molecule has 0 unspecified atom stereocenters. The highest BCUT2D eigenvalue weighted by Gasteiger charge is 2.30. The second-order valence-corrected chi connectivity index (χ2v) is 7.90. The van der Waals surface area contributed by atoms with E-state index in [2.05, 4.69) is 10.1 Å². The van der Waals surface area contributed by atoms with Crippen LogP contribution in [0.15, 0.2) is 0 Å². The normalized spacial score (nSPS) is 17.3. The minimum absolute atomic E-state index is 0.136. The molecular formula is C12H19Cl3N2O4. The van der Waals surface area contributed by atoms with Gasteiger partial charge in [-0.25, -0.2) is 9.59 Å². The second kappa shape index (κ2) is 7.11. The predicted molar refractivity (Wildman–Crippen MR) is 80.7 cm³/mol. The molecule has 1 rings (SSSR count). The van der Waals surface area contributed by atoms with Gasteiger partial charge in [-0.15, -0.1) is 0 Å². The number of halogens is 3. The van der Waals surface area contributed by atoms with Crippen molar-refractivity contribution < 1.29 is 19.1 Å². The lowest BCUT2D eigenvalue weighted by Crippen LogP contribution is -2.48. The molecule has 9 heteroatoms. The van der Waals surface area contributed by atoms with Crippen molar-refractivity contribution >= 4 is 47.0 Å². The Kier molecular flexibility index (Phi) is 6.25. The summed E-state index contributed by atoms with van der Waals surface area (Å²) in [5.74, 6) is 0. The zero-order valence-electron chi connectivity index (χ0n) is 12.1. The maximum Gasteiger partial charge on any atom is 0.410 e. The van der Waals surface area contributed by atoms with Crippen molar-refractivity contribution in [2.75, 3.05) is 13.1 Å². The number of alkyl halides is 3. The van der Waals surface area contributed by atoms with E-state index >= 15 is 0 Å². The van der Waals surface area contributed by atoms with Crippen molar-refractivity contribution in [3.05, 3.63) is 0 Å². The minimum Gasteiger partial charge on any atom is -0.444 e. The summed E-state index contributed by atoms with van der Waals surface area (Å²) in [5.41, 5.74) is -0.527. The van der Waals surface area contributed by atoms with Crippen molar-refractivity contribution in [2.45, 2.75) is 49.2 Å². The lowest BCUT2D eigenvalue weighted by atomic mass is 10.1. The molecule has 0 aromatic rings. The van der Waals surface area contributed by atoms with Crippen LogP contribution in [0.2, 0.25) is 0 Å². The van der Waals surface area contributed by atoms with Crippen molar-refractivity contribution in [3.8, 4) is 0 Å². The van der Waals surface area contributed by atoms with Crippen molar-refractivity contribution in [3.63, 3.8) is 0 Å². The van der Waals surface area contributed by atoms with Gasteiger partial charge in [0.1, 0.15) is 5.60 Å². The summed E-state index contributed by atoms with van der Waals surface area (Å²) in [6.07, 6.45) is -0.00175. The van der Waals surface area contributed by atoms with Crippen LogP contribution in [-0.2, 0) is 9.47 Å². The van der Waals surface area contributed by atoms with E-state index in [9.17, 15) is 9.59 Å². The Bertz CT molecular complexity index is 385. The first-order chi connectivity index (χ1) is 9.46. The highest BCUT2D eigenvalue weighted by molar-refractivity contribution is 6.66. The van der Waals surface area contributed by atoms with E-state index in [-0.39, 0.29) is 12.1 Å². The summed E-state index contributed by atoms with van der Waals surface area (Å²) in [6, 6.07) is -0.136. The molecule has 0 saturated carbocycles. The Morgan fingerprint density at radius 3 is 2.05 bits per heavy atom. The van der Waals surface area contributed by atoms with Crippen LogP contribution in [-0.4, -0.2) is 45.8 Å². The van der Waals surface area contributed by atoms with Crippen LogP contribution in [0.25, 0.3) is 0 Å². The number of hydrogen-bond acceptors (Lipinski definition) is 4. The maximum absolute atomic E-state index is 11.9. The molecule has 0 atom stereocenters. The number of carbonyl (C=O) groups is 2. The van der Waals surface area contributed by atoms with Gasteiger partial charge in [0.25, 0.3) is 0 Å². The number of likely N-dealkylation sites (tertiary alicyclic amines) is 1. The molecule has 0 radical (unpaired) electrons. The molecule has 2 amide bonds. The van der Waals surface area contributed by atoms with Gasteiger partial charge in [0.2, 0.25) is 0 Å². The number of rotatable bonds is 1. The fourth-order valence-electron chi connectivity index (χ4n) is 1.83. The average Bonchev–Trinajstić information content (AvgIpc) is 2.24. The highest BCUT2D eigenvalue weighted by atomic mass is 35.6. The first-order valence-corrected chi connectivity index (χ1v) is 7.64. The largest absolute Gasteiger partial charge is 0.444 e. The van der Waals surface area contributed by atoms with Crippen LogP contribution in [0, 0.1) is 0 Å². The van der Waals surface area contributed by atoms with E-state index in [4.69, 9.17) is 39.5 Å². The number of carbonyl (C=O) groups excluding carboxylic acids is 2. The zero-order chi connectivity index (χ0) is 16.3. The summed E-state index contributed by atoms with van der Waals surface area (Å²) in [4.78, 5) is 24.9. The van der Waals surface area contributed by atoms with E-state index in [0.717, 1.165) is 0 Å². The molecule has 0 bridgehead atoms. The molecule has 1 heterocycles. The molecule has 0 spiro atoms. The smallest absolute Gasteiger partial charge is 0.410 e. The Morgan fingerprint density at radius 2 is 1.62 bits per heavy atom. The van der Waals surface area contributed by atoms with Crippen LogP contribution in [0.3, 0.4) is 0 Å². The average molecular weight is 362 g/mol. The highest BCUT2D eigenvalue weighted by Crippen LogP contribution is 2.27. The summed E-state index contributed by atoms with van der Waals surface area (Å²) >= 11 is 16.1. The Labute approximate surface area is 139 Å². The fourth-order valence-corrected chi connectivity index (χ4v) is 2.04. The third-order valence-electron chi connectivity index (χ3n) is 2.68. The van der Waals surface area contributed by atoms with Crippen LogP contribution < -0.4 is 5.32 Å². The van der Waals surface area contributed by atoms with E-state index in [1.165, 1.54) is 0 Å². The van der Waals surface area contributed by atoms with Crippen LogP contribution in [0.4, 0.5) is 9.59 Å². The van der Waals surface area contributed by atoms with Gasteiger partial charge in [-0.1, -0.05) is 0 Å². The van der Waals surface area contributed by atoms with Crippen LogP contribution >= 0.6 is 34.8 Å². The Hall–Kier alpha value is -0.590. The molecule has 0 aliphatic carbocycles. The Balaban J connectivity index is 2.35. The van der Waals surface area contributed by atoms with Crippen molar-refractivity contribution in [2.24, 2.45) is 0 Å². The third kappa shape index (κ3) is 7.83. The molecular weight excluding hydrogens is 343 g/mol. The number of nitrogens with one attached hydrogen (secondary N) is 1. The van der Waals surface area contributed by atoms with Crippen LogP contribution in [0.5, 0.6) is 0 Å². The lowest BCUT2D eigenvalue weighted by molar-refractivity contribution is 0.0198. The van der Waals surface area contributed by atoms with Gasteiger partial charge in [0.15, 0.2) is 0 Å². The van der Waals surface area contributed by atoms with Gasteiger partial charge >= 0.3 is 16.2 Å². The monoisotopic (exact) mass is 360 g/mol.